The number of nitrogens with one attached hydrogen (secondary N) is 2. The van der Waals surface area contributed by atoms with Gasteiger partial charge >= 0.3 is 0 Å². The van der Waals surface area contributed by atoms with E-state index in [0.29, 0.717) is 24.6 Å². The van der Waals surface area contributed by atoms with Crippen LogP contribution in [0.4, 0.5) is 23.0 Å². The van der Waals surface area contributed by atoms with Crippen molar-refractivity contribution in [3.05, 3.63) is 54.1 Å². The van der Waals surface area contributed by atoms with Gasteiger partial charge in [0.25, 0.3) is 5.91 Å². The summed E-state index contributed by atoms with van der Waals surface area (Å²) in [7, 11) is 0. The Balaban J connectivity index is 1.58. The molecular formula is C20H21N5O3S. The minimum Gasteiger partial charge on any atom is -0.546 e. The van der Waals surface area contributed by atoms with Gasteiger partial charge in [-0.2, -0.15) is 0 Å². The highest BCUT2D eigenvalue weighted by atomic mass is 32.2. The van der Waals surface area contributed by atoms with Crippen molar-refractivity contribution < 1.29 is 14.5 Å². The van der Waals surface area contributed by atoms with Crippen molar-refractivity contribution in [2.45, 2.75) is 19.3 Å². The highest BCUT2D eigenvalue weighted by Crippen LogP contribution is 2.35. The van der Waals surface area contributed by atoms with Crippen LogP contribution in [-0.2, 0) is 0 Å². The summed E-state index contributed by atoms with van der Waals surface area (Å²) in [5.41, 5.74) is 1.29. The lowest BCUT2D eigenvalue weighted by Crippen LogP contribution is -2.35. The fourth-order valence-electron chi connectivity index (χ4n) is 3.30. The molecule has 1 aliphatic rings. The summed E-state index contributed by atoms with van der Waals surface area (Å²) in [5.74, 6) is 0.161. The highest BCUT2D eigenvalue weighted by molar-refractivity contribution is 7.14. The van der Waals surface area contributed by atoms with Gasteiger partial charge in [0, 0.05) is 27.5 Å². The van der Waals surface area contributed by atoms with Gasteiger partial charge in [-0.05, 0) is 43.5 Å². The Bertz CT molecular complexity index is 1000. The number of rotatable bonds is 5. The van der Waals surface area contributed by atoms with E-state index in [1.807, 2.05) is 30.3 Å². The number of hydrogen-bond acceptors (Lipinski definition) is 7. The predicted octanol–water partition coefficient (Wildman–Crippen LogP) is 4.02. The zero-order chi connectivity index (χ0) is 20.2. The number of hydrogen-bond donors (Lipinski definition) is 3. The van der Waals surface area contributed by atoms with Gasteiger partial charge in [0.05, 0.1) is 11.3 Å². The second-order valence-corrected chi connectivity index (χ2v) is 7.61. The molecule has 8 nitrogen and oxygen atoms in total. The van der Waals surface area contributed by atoms with Gasteiger partial charge in [-0.3, -0.25) is 4.79 Å². The van der Waals surface area contributed by atoms with Crippen molar-refractivity contribution in [2.24, 2.45) is 0 Å². The number of aromatic hydroxyl groups is 1. The first-order valence-electron chi connectivity index (χ1n) is 9.42. The number of anilines is 4. The summed E-state index contributed by atoms with van der Waals surface area (Å²) in [6, 6.07) is 14.2. The number of phenolic OH excluding ortho intramolecular Hbond substituents is 1. The minimum absolute atomic E-state index is 0.164. The largest absolute Gasteiger partial charge is 0.546 e. The van der Waals surface area contributed by atoms with Gasteiger partial charge < -0.3 is 25.2 Å². The van der Waals surface area contributed by atoms with Crippen LogP contribution < -0.4 is 10.6 Å². The van der Waals surface area contributed by atoms with Crippen LogP contribution >= 0.6 is 11.1 Å². The predicted molar refractivity (Wildman–Crippen MR) is 112 cm³/mol. The second kappa shape index (κ2) is 8.46. The van der Waals surface area contributed by atoms with E-state index in [1.165, 1.54) is 0 Å². The van der Waals surface area contributed by atoms with Crippen molar-refractivity contribution in [1.29, 1.82) is 0 Å². The van der Waals surface area contributed by atoms with Crippen LogP contribution in [0, 0.1) is 0 Å². The van der Waals surface area contributed by atoms with E-state index in [1.54, 1.807) is 23.1 Å². The molecule has 1 amide bonds. The average molecular weight is 411 g/mol. The van der Waals surface area contributed by atoms with Crippen LogP contribution in [0.15, 0.2) is 48.5 Å². The molecule has 2 heterocycles. The Morgan fingerprint density at radius 2 is 1.66 bits per heavy atom. The molecule has 0 bridgehead atoms. The first-order chi connectivity index (χ1) is 14.1. The summed E-state index contributed by atoms with van der Waals surface area (Å²) in [6.07, 6.45) is 3.06. The van der Waals surface area contributed by atoms with E-state index in [4.69, 9.17) is 0 Å². The molecule has 4 rings (SSSR count). The van der Waals surface area contributed by atoms with Crippen LogP contribution in [0.5, 0.6) is 5.75 Å². The van der Waals surface area contributed by atoms with E-state index < -0.39 is 11.1 Å². The molecule has 0 aliphatic carbocycles. The lowest BCUT2D eigenvalue weighted by atomic mass is 10.1. The third-order valence-electron chi connectivity index (χ3n) is 4.76. The van der Waals surface area contributed by atoms with Crippen LogP contribution in [0.25, 0.3) is 0 Å². The number of para-hydroxylation sites is 2. The lowest BCUT2D eigenvalue weighted by molar-refractivity contribution is 0.0721. The number of aromatic nitrogens is 2. The SMILES string of the molecule is O=C(c1cccc(Nc2n[s+]([O-])nc2Nc2ccccc2)c1O)N1CCCCC1. The first kappa shape index (κ1) is 19.2. The van der Waals surface area contributed by atoms with Crippen LogP contribution in [-0.4, -0.2) is 42.3 Å². The molecule has 150 valence electrons. The molecule has 1 saturated heterocycles. The van der Waals surface area contributed by atoms with E-state index in [9.17, 15) is 14.5 Å². The van der Waals surface area contributed by atoms with E-state index in [-0.39, 0.29) is 23.0 Å². The highest BCUT2D eigenvalue weighted by Gasteiger charge is 2.23. The monoisotopic (exact) mass is 411 g/mol. The quantitative estimate of drug-likeness (QED) is 0.429. The molecule has 0 spiro atoms. The normalized spacial score (nSPS) is 14.5. The molecule has 3 N–H and O–H groups in total. The Hall–Kier alpha value is -3.17. The van der Waals surface area contributed by atoms with Gasteiger partial charge in [0.15, 0.2) is 16.9 Å². The molecule has 29 heavy (non-hydrogen) atoms. The zero-order valence-electron chi connectivity index (χ0n) is 15.7. The second-order valence-electron chi connectivity index (χ2n) is 6.78. The molecule has 9 heteroatoms. The number of phenols is 1. The Labute approximate surface area is 171 Å². The maximum absolute atomic E-state index is 12.8. The van der Waals surface area contributed by atoms with Gasteiger partial charge in [-0.1, -0.05) is 24.3 Å². The molecule has 1 unspecified atom stereocenters. The third-order valence-corrected chi connectivity index (χ3v) is 5.44. The summed E-state index contributed by atoms with van der Waals surface area (Å²) in [6.45, 7) is 1.39. The van der Waals surface area contributed by atoms with Crippen LogP contribution in [0.3, 0.4) is 0 Å². The van der Waals surface area contributed by atoms with E-state index >= 15 is 0 Å². The minimum atomic E-state index is -1.76. The Morgan fingerprint density at radius 1 is 0.966 bits per heavy atom. The van der Waals surface area contributed by atoms with Gasteiger partial charge in [0.2, 0.25) is 11.6 Å². The fourth-order valence-corrected chi connectivity index (χ4v) is 3.91. The Kier molecular flexibility index (Phi) is 5.59. The van der Waals surface area contributed by atoms with Crippen molar-refractivity contribution in [3.8, 4) is 5.75 Å². The van der Waals surface area contributed by atoms with Gasteiger partial charge in [0.1, 0.15) is 0 Å². The Morgan fingerprint density at radius 3 is 2.38 bits per heavy atom. The van der Waals surface area contributed by atoms with Crippen molar-refractivity contribution >= 4 is 40.1 Å². The average Bonchev–Trinajstić information content (AvgIpc) is 3.09. The number of carbonyl (C=O) groups excluding carboxylic acids is 1. The summed E-state index contributed by atoms with van der Waals surface area (Å²) < 4.78 is 19.8. The van der Waals surface area contributed by atoms with E-state index in [2.05, 4.69) is 19.4 Å². The van der Waals surface area contributed by atoms with Crippen molar-refractivity contribution in [3.63, 3.8) is 0 Å². The molecule has 2 aromatic carbocycles. The summed E-state index contributed by atoms with van der Waals surface area (Å²) >= 11 is -1.76. The maximum atomic E-state index is 12.8. The molecule has 1 aliphatic heterocycles. The van der Waals surface area contributed by atoms with Gasteiger partial charge in [-0.15, -0.1) is 0 Å². The molecule has 1 aromatic heterocycles. The van der Waals surface area contributed by atoms with Crippen molar-refractivity contribution in [1.82, 2.24) is 13.6 Å². The van der Waals surface area contributed by atoms with Crippen molar-refractivity contribution in [2.75, 3.05) is 23.7 Å². The number of amides is 1. The first-order valence-corrected chi connectivity index (χ1v) is 10.5. The molecule has 0 saturated carbocycles. The number of carbonyl (C=O) groups is 1. The van der Waals surface area contributed by atoms with E-state index in [0.717, 1.165) is 24.9 Å². The summed E-state index contributed by atoms with van der Waals surface area (Å²) in [4.78, 5) is 14.5. The maximum Gasteiger partial charge on any atom is 0.257 e. The smallest absolute Gasteiger partial charge is 0.257 e. The number of nitrogens with zero attached hydrogens (tertiary/aromatic N) is 3. The standard InChI is InChI=1S/C20H21N5O3S/c26-17-15(20(27)25-12-5-2-6-13-25)10-7-11-16(17)22-19-18(23-29(28)24-19)21-14-8-3-1-4-9-14/h1,3-4,7-11,26H,2,5-6,12-13H2,(H,21,23)(H,22,24). The van der Waals surface area contributed by atoms with Crippen LogP contribution in [0.2, 0.25) is 0 Å². The number of likely N-dealkylation sites (tertiary alicyclic amines) is 1. The number of benzene rings is 2. The molecule has 1 atom stereocenters. The molecule has 0 radical (unpaired) electrons. The lowest BCUT2D eigenvalue weighted by Gasteiger charge is -2.27. The zero-order valence-corrected chi connectivity index (χ0v) is 16.5. The summed E-state index contributed by atoms with van der Waals surface area (Å²) in [5, 5.41) is 16.7. The number of piperidine rings is 1. The topological polar surface area (TPSA) is 113 Å². The van der Waals surface area contributed by atoms with Gasteiger partial charge in [-0.25, -0.2) is 0 Å². The molecule has 1 fully saturated rings. The third kappa shape index (κ3) is 4.30. The molecule has 3 aromatic rings. The van der Waals surface area contributed by atoms with Crippen LogP contribution in [0.1, 0.15) is 29.6 Å². The molecular weight excluding hydrogens is 390 g/mol. The fraction of sp³-hybridized carbons (Fsp3) is 0.250.